The molecule has 7 atom stereocenters. The van der Waals surface area contributed by atoms with Crippen LogP contribution in [0.5, 0.6) is 11.5 Å². The Kier molecular flexibility index (Phi) is 10.0. The van der Waals surface area contributed by atoms with Crippen LogP contribution >= 0.6 is 0 Å². The van der Waals surface area contributed by atoms with E-state index in [2.05, 4.69) is 48.5 Å². The highest BCUT2D eigenvalue weighted by Gasteiger charge is 2.60. The molecule has 0 unspecified atom stereocenters. The van der Waals surface area contributed by atoms with Crippen LogP contribution in [0.1, 0.15) is 131 Å². The first kappa shape index (κ1) is 37.6. The van der Waals surface area contributed by atoms with Crippen molar-refractivity contribution in [3.05, 3.63) is 34.9 Å². The van der Waals surface area contributed by atoms with E-state index in [1.807, 2.05) is 0 Å². The van der Waals surface area contributed by atoms with Gasteiger partial charge in [-0.05, 0) is 139 Å². The summed E-state index contributed by atoms with van der Waals surface area (Å²) in [4.78, 5) is 0. The summed E-state index contributed by atoms with van der Waals surface area (Å²) in [7, 11) is -9.69. The standard InChI is InChI=1S/C36H56O10S2/c1-24-10-14-30-33(5,20-21-36(37)25(2)11-15-31-35(36,7)19-8-16-32(3,4)44-31)17-9-18-34(30,6)28(24)23-26-22-27(45-47(38,39)40)12-13-29(26)46-48(41,42)43/h12-13,22,25,30-31,37H,8-11,14-21,23H2,1-7H3,(H,38,39,40)(H,41,42,43)/t25-,30+,31+,33-,34+,35+,36-/m1/s1. The minimum atomic E-state index is -4.87. The highest BCUT2D eigenvalue weighted by molar-refractivity contribution is 7.81. The summed E-state index contributed by atoms with van der Waals surface area (Å²) in [5.41, 5.74) is 0.923. The molecule has 1 saturated heterocycles. The maximum absolute atomic E-state index is 12.8. The summed E-state index contributed by atoms with van der Waals surface area (Å²) >= 11 is 0. The Morgan fingerprint density at radius 2 is 1.54 bits per heavy atom. The number of ether oxygens (including phenoxy) is 1. The van der Waals surface area contributed by atoms with Crippen molar-refractivity contribution in [3.8, 4) is 11.5 Å². The Morgan fingerprint density at radius 1 is 0.875 bits per heavy atom. The molecule has 3 fully saturated rings. The zero-order valence-electron chi connectivity index (χ0n) is 29.7. The minimum Gasteiger partial charge on any atom is -0.389 e. The number of hydrogen-bond acceptors (Lipinski definition) is 8. The van der Waals surface area contributed by atoms with Gasteiger partial charge in [0.05, 0.1) is 17.3 Å². The van der Waals surface area contributed by atoms with Gasteiger partial charge < -0.3 is 18.2 Å². The Morgan fingerprint density at radius 3 is 2.21 bits per heavy atom. The quantitative estimate of drug-likeness (QED) is 0.170. The van der Waals surface area contributed by atoms with Crippen molar-refractivity contribution in [2.75, 3.05) is 0 Å². The van der Waals surface area contributed by atoms with Gasteiger partial charge in [-0.25, -0.2) is 0 Å². The van der Waals surface area contributed by atoms with Crippen LogP contribution in [0.3, 0.4) is 0 Å². The molecule has 5 rings (SSSR count). The molecular weight excluding hydrogens is 657 g/mol. The van der Waals surface area contributed by atoms with Crippen LogP contribution in [0.2, 0.25) is 0 Å². The zero-order valence-corrected chi connectivity index (χ0v) is 31.3. The van der Waals surface area contributed by atoms with Crippen LogP contribution in [-0.4, -0.2) is 48.4 Å². The number of benzene rings is 1. The van der Waals surface area contributed by atoms with Gasteiger partial charge in [-0.1, -0.05) is 45.3 Å². The molecule has 1 aliphatic heterocycles. The molecule has 0 aromatic heterocycles. The predicted octanol–water partition coefficient (Wildman–Crippen LogP) is 7.81. The van der Waals surface area contributed by atoms with Crippen molar-refractivity contribution in [1.82, 2.24) is 0 Å². The third kappa shape index (κ3) is 7.35. The Labute approximate surface area is 287 Å². The third-order valence-electron chi connectivity index (χ3n) is 13.3. The molecule has 10 nitrogen and oxygen atoms in total. The van der Waals surface area contributed by atoms with Crippen LogP contribution in [0.15, 0.2) is 29.3 Å². The molecule has 3 aliphatic carbocycles. The molecule has 272 valence electrons. The summed E-state index contributed by atoms with van der Waals surface area (Å²) in [5.74, 6) is 0.0996. The first-order valence-corrected chi connectivity index (χ1v) is 20.3. The maximum Gasteiger partial charge on any atom is 0.446 e. The van der Waals surface area contributed by atoms with Crippen molar-refractivity contribution in [1.29, 1.82) is 0 Å². The molecule has 3 N–H and O–H groups in total. The van der Waals surface area contributed by atoms with Gasteiger partial charge in [0.2, 0.25) is 0 Å². The summed E-state index contributed by atoms with van der Waals surface area (Å²) in [6, 6.07) is 3.70. The molecule has 1 aromatic carbocycles. The first-order valence-electron chi connectivity index (χ1n) is 17.6. The number of aliphatic hydroxyl groups is 1. The lowest BCUT2D eigenvalue weighted by Gasteiger charge is -2.59. The molecule has 48 heavy (non-hydrogen) atoms. The molecule has 12 heteroatoms. The molecule has 0 amide bonds. The molecule has 4 aliphatic rings. The second-order valence-electron chi connectivity index (χ2n) is 16.8. The van der Waals surface area contributed by atoms with Crippen molar-refractivity contribution in [2.24, 2.45) is 28.1 Å². The maximum atomic E-state index is 12.8. The van der Waals surface area contributed by atoms with E-state index in [4.69, 9.17) is 13.1 Å². The highest BCUT2D eigenvalue weighted by atomic mass is 32.3. The number of rotatable bonds is 9. The zero-order chi connectivity index (χ0) is 35.6. The fourth-order valence-electron chi connectivity index (χ4n) is 10.6. The van der Waals surface area contributed by atoms with E-state index in [9.17, 15) is 31.0 Å². The van der Waals surface area contributed by atoms with E-state index in [-0.39, 0.29) is 57.7 Å². The van der Waals surface area contributed by atoms with Crippen LogP contribution in [0.4, 0.5) is 0 Å². The van der Waals surface area contributed by atoms with Crippen molar-refractivity contribution in [3.63, 3.8) is 0 Å². The summed E-state index contributed by atoms with van der Waals surface area (Å²) in [6.45, 7) is 15.6. The molecule has 0 spiro atoms. The first-order chi connectivity index (χ1) is 22.0. The van der Waals surface area contributed by atoms with Gasteiger partial charge in [-0.15, -0.1) is 0 Å². The number of hydrogen-bond donors (Lipinski definition) is 3. The average molecular weight is 713 g/mol. The highest BCUT2D eigenvalue weighted by Crippen LogP contribution is 2.63. The van der Waals surface area contributed by atoms with Gasteiger partial charge in [0.25, 0.3) is 0 Å². The fraction of sp³-hybridized carbons (Fsp3) is 0.778. The topological polar surface area (TPSA) is 157 Å². The molecule has 1 aromatic rings. The van der Waals surface area contributed by atoms with Crippen molar-refractivity contribution in [2.45, 2.75) is 149 Å². The lowest BCUT2D eigenvalue weighted by molar-refractivity contribution is -0.229. The van der Waals surface area contributed by atoms with Gasteiger partial charge in [0.1, 0.15) is 11.5 Å². The van der Waals surface area contributed by atoms with E-state index < -0.39 is 26.4 Å². The van der Waals surface area contributed by atoms with Gasteiger partial charge in [-0.3, -0.25) is 9.11 Å². The molecule has 2 saturated carbocycles. The minimum absolute atomic E-state index is 0.0206. The van der Waals surface area contributed by atoms with Crippen LogP contribution in [-0.2, 0) is 32.0 Å². The van der Waals surface area contributed by atoms with E-state index in [1.165, 1.54) is 17.7 Å². The fourth-order valence-corrected chi connectivity index (χ4v) is 11.3. The number of allylic oxidation sites excluding steroid dienone is 2. The molecule has 0 radical (unpaired) electrons. The van der Waals surface area contributed by atoms with Crippen LogP contribution in [0.25, 0.3) is 0 Å². The largest absolute Gasteiger partial charge is 0.446 e. The average Bonchev–Trinajstić information content (AvgIpc) is 3.07. The summed E-state index contributed by atoms with van der Waals surface area (Å²) in [5, 5.41) is 12.8. The Hall–Kier alpha value is -1.70. The van der Waals surface area contributed by atoms with Crippen LogP contribution in [0, 0.1) is 28.1 Å². The van der Waals surface area contributed by atoms with Gasteiger partial charge in [0.15, 0.2) is 0 Å². The second kappa shape index (κ2) is 12.8. The van der Waals surface area contributed by atoms with Crippen molar-refractivity contribution >= 4 is 20.8 Å². The van der Waals surface area contributed by atoms with Crippen molar-refractivity contribution < 1.29 is 44.2 Å². The Balaban J connectivity index is 1.45. The Bertz CT molecular complexity index is 1640. The SMILES string of the molecule is CC1=C(Cc2cc(OS(=O)(=O)O)ccc2OS(=O)(=O)O)[C@]2(C)CCC[C@](C)(CC[C@@]3(O)[C@H](C)CC[C@@H]4OC(C)(C)CCC[C@@]43C)[C@@H]2CC1. The van der Waals surface area contributed by atoms with E-state index in [1.54, 1.807) is 0 Å². The van der Waals surface area contributed by atoms with Gasteiger partial charge in [0, 0.05) is 11.0 Å². The normalized spacial score (nSPS) is 37.2. The van der Waals surface area contributed by atoms with E-state index in [0.717, 1.165) is 82.3 Å². The number of fused-ring (bicyclic) bond motifs is 2. The summed E-state index contributed by atoms with van der Waals surface area (Å²) in [6.07, 6.45) is 11.5. The molecule has 0 bridgehead atoms. The lowest BCUT2D eigenvalue weighted by atomic mass is 9.47. The van der Waals surface area contributed by atoms with Gasteiger partial charge in [-0.2, -0.15) is 16.8 Å². The monoisotopic (exact) mass is 712 g/mol. The third-order valence-corrected chi connectivity index (χ3v) is 14.0. The smallest absolute Gasteiger partial charge is 0.389 e. The molecule has 1 heterocycles. The van der Waals surface area contributed by atoms with Gasteiger partial charge >= 0.3 is 20.8 Å². The molecular formula is C36H56O10S2. The second-order valence-corrected chi connectivity index (χ2v) is 18.8. The lowest BCUT2D eigenvalue weighted by Crippen LogP contribution is -2.61. The van der Waals surface area contributed by atoms with Crippen LogP contribution < -0.4 is 8.37 Å². The van der Waals surface area contributed by atoms with E-state index >= 15 is 0 Å². The predicted molar refractivity (Wildman–Crippen MR) is 183 cm³/mol. The van der Waals surface area contributed by atoms with E-state index in [0.29, 0.717) is 12.0 Å². The summed E-state index contributed by atoms with van der Waals surface area (Å²) < 4.78 is 81.5.